The average molecular weight is 194 g/mol. The topological polar surface area (TPSA) is 29.5 Å². The predicted octanol–water partition coefficient (Wildman–Crippen LogP) is 2.15. The van der Waals surface area contributed by atoms with Crippen LogP contribution in [-0.2, 0) is 17.8 Å². The largest absolute Gasteiger partial charge is 0.396 e. The number of aliphatic hydroxyl groups is 1. The van der Waals surface area contributed by atoms with Crippen molar-refractivity contribution in [2.24, 2.45) is 0 Å². The SMILES string of the molecule is CC(C)OCc1ccc(CCO)cc1. The maximum absolute atomic E-state index is 8.74. The zero-order chi connectivity index (χ0) is 10.4. The molecule has 0 radical (unpaired) electrons. The Labute approximate surface area is 85.5 Å². The van der Waals surface area contributed by atoms with Crippen LogP contribution < -0.4 is 0 Å². The van der Waals surface area contributed by atoms with Crippen molar-refractivity contribution in [2.45, 2.75) is 33.0 Å². The third-order valence-corrected chi connectivity index (χ3v) is 2.01. The number of hydrogen-bond acceptors (Lipinski definition) is 2. The van der Waals surface area contributed by atoms with Crippen molar-refractivity contribution in [1.82, 2.24) is 0 Å². The van der Waals surface area contributed by atoms with Gasteiger partial charge in [0.15, 0.2) is 0 Å². The lowest BCUT2D eigenvalue weighted by Crippen LogP contribution is -2.02. The first-order valence-electron chi connectivity index (χ1n) is 5.02. The van der Waals surface area contributed by atoms with Crippen LogP contribution in [0.3, 0.4) is 0 Å². The summed E-state index contributed by atoms with van der Waals surface area (Å²) in [6, 6.07) is 8.17. The van der Waals surface area contributed by atoms with Gasteiger partial charge in [-0.15, -0.1) is 0 Å². The van der Waals surface area contributed by atoms with E-state index in [9.17, 15) is 0 Å². The molecule has 0 atom stereocenters. The molecule has 0 amide bonds. The number of hydrogen-bond donors (Lipinski definition) is 1. The summed E-state index contributed by atoms with van der Waals surface area (Å²) in [5, 5.41) is 8.74. The third-order valence-electron chi connectivity index (χ3n) is 2.01. The molecule has 14 heavy (non-hydrogen) atoms. The molecule has 0 spiro atoms. The molecule has 0 fully saturated rings. The molecule has 0 bridgehead atoms. The first-order valence-corrected chi connectivity index (χ1v) is 5.02. The molecule has 0 aliphatic rings. The Morgan fingerprint density at radius 1 is 1.14 bits per heavy atom. The van der Waals surface area contributed by atoms with Crippen molar-refractivity contribution in [3.63, 3.8) is 0 Å². The molecule has 1 aromatic rings. The van der Waals surface area contributed by atoms with Gasteiger partial charge in [0, 0.05) is 6.61 Å². The summed E-state index contributed by atoms with van der Waals surface area (Å²) < 4.78 is 5.48. The number of rotatable bonds is 5. The molecule has 78 valence electrons. The van der Waals surface area contributed by atoms with Gasteiger partial charge in [0.2, 0.25) is 0 Å². The third kappa shape index (κ3) is 3.90. The number of aliphatic hydroxyl groups excluding tert-OH is 1. The lowest BCUT2D eigenvalue weighted by atomic mass is 10.1. The summed E-state index contributed by atoms with van der Waals surface area (Å²) >= 11 is 0. The van der Waals surface area contributed by atoms with Gasteiger partial charge in [0.05, 0.1) is 12.7 Å². The van der Waals surface area contributed by atoms with Gasteiger partial charge in [-0.05, 0) is 31.4 Å². The van der Waals surface area contributed by atoms with Gasteiger partial charge in [-0.2, -0.15) is 0 Å². The quantitative estimate of drug-likeness (QED) is 0.778. The minimum atomic E-state index is 0.210. The molecule has 1 aromatic carbocycles. The monoisotopic (exact) mass is 194 g/mol. The van der Waals surface area contributed by atoms with E-state index in [1.165, 1.54) is 11.1 Å². The van der Waals surface area contributed by atoms with Crippen molar-refractivity contribution in [2.75, 3.05) is 6.61 Å². The fourth-order valence-electron chi connectivity index (χ4n) is 1.19. The second-order valence-electron chi connectivity index (χ2n) is 3.65. The van der Waals surface area contributed by atoms with E-state index in [1.807, 2.05) is 38.1 Å². The molecule has 0 aliphatic carbocycles. The lowest BCUT2D eigenvalue weighted by molar-refractivity contribution is 0.0657. The van der Waals surface area contributed by atoms with Crippen LogP contribution in [0, 0.1) is 0 Å². The summed E-state index contributed by atoms with van der Waals surface area (Å²) in [5.41, 5.74) is 2.35. The van der Waals surface area contributed by atoms with Crippen LogP contribution in [0.15, 0.2) is 24.3 Å². The molecule has 1 rings (SSSR count). The molecular weight excluding hydrogens is 176 g/mol. The average Bonchev–Trinajstić information content (AvgIpc) is 2.17. The highest BCUT2D eigenvalue weighted by atomic mass is 16.5. The smallest absolute Gasteiger partial charge is 0.0720 e. The van der Waals surface area contributed by atoms with Crippen LogP contribution in [0.2, 0.25) is 0 Å². The summed E-state index contributed by atoms with van der Waals surface area (Å²) in [7, 11) is 0. The van der Waals surface area contributed by atoms with Gasteiger partial charge < -0.3 is 9.84 Å². The Bertz CT molecular complexity index is 252. The number of benzene rings is 1. The Morgan fingerprint density at radius 2 is 1.71 bits per heavy atom. The normalized spacial score (nSPS) is 10.9. The van der Waals surface area contributed by atoms with Crippen LogP contribution in [0.1, 0.15) is 25.0 Å². The van der Waals surface area contributed by atoms with Crippen molar-refractivity contribution in [3.8, 4) is 0 Å². The number of ether oxygens (including phenoxy) is 1. The molecule has 0 saturated carbocycles. The maximum atomic E-state index is 8.74. The van der Waals surface area contributed by atoms with E-state index in [0.717, 1.165) is 6.42 Å². The van der Waals surface area contributed by atoms with E-state index >= 15 is 0 Å². The van der Waals surface area contributed by atoms with Gasteiger partial charge in [-0.1, -0.05) is 24.3 Å². The highest BCUT2D eigenvalue weighted by Gasteiger charge is 1.96. The van der Waals surface area contributed by atoms with Crippen LogP contribution in [0.4, 0.5) is 0 Å². The molecule has 0 saturated heterocycles. The highest BCUT2D eigenvalue weighted by molar-refractivity contribution is 5.22. The first kappa shape index (κ1) is 11.2. The summed E-state index contributed by atoms with van der Waals surface area (Å²) in [5.74, 6) is 0. The molecule has 0 heterocycles. The first-order chi connectivity index (χ1) is 6.72. The summed E-state index contributed by atoms with van der Waals surface area (Å²) in [6.07, 6.45) is 0.998. The van der Waals surface area contributed by atoms with Gasteiger partial charge in [-0.3, -0.25) is 0 Å². The fraction of sp³-hybridized carbons (Fsp3) is 0.500. The van der Waals surface area contributed by atoms with Crippen LogP contribution in [0.25, 0.3) is 0 Å². The Morgan fingerprint density at radius 3 is 2.21 bits per heavy atom. The highest BCUT2D eigenvalue weighted by Crippen LogP contribution is 2.07. The lowest BCUT2D eigenvalue weighted by Gasteiger charge is -2.07. The van der Waals surface area contributed by atoms with E-state index in [2.05, 4.69) is 0 Å². The molecule has 0 aromatic heterocycles. The van der Waals surface area contributed by atoms with Gasteiger partial charge in [0.25, 0.3) is 0 Å². The molecule has 2 nitrogen and oxygen atoms in total. The molecule has 1 N–H and O–H groups in total. The van der Waals surface area contributed by atoms with Crippen molar-refractivity contribution in [1.29, 1.82) is 0 Å². The van der Waals surface area contributed by atoms with Crippen molar-refractivity contribution in [3.05, 3.63) is 35.4 Å². The van der Waals surface area contributed by atoms with E-state index in [4.69, 9.17) is 9.84 Å². The fourth-order valence-corrected chi connectivity index (χ4v) is 1.19. The van der Waals surface area contributed by atoms with Crippen LogP contribution >= 0.6 is 0 Å². The molecule has 0 unspecified atom stereocenters. The molecule has 2 heteroatoms. The van der Waals surface area contributed by atoms with E-state index < -0.39 is 0 Å². The van der Waals surface area contributed by atoms with E-state index in [-0.39, 0.29) is 12.7 Å². The Hall–Kier alpha value is -0.860. The van der Waals surface area contributed by atoms with Crippen molar-refractivity contribution < 1.29 is 9.84 Å². The summed E-state index contributed by atoms with van der Waals surface area (Å²) in [6.45, 7) is 4.93. The Kier molecular flexibility index (Phi) is 4.63. The van der Waals surface area contributed by atoms with Crippen LogP contribution in [-0.4, -0.2) is 17.8 Å². The Balaban J connectivity index is 2.46. The second kappa shape index (κ2) is 5.78. The van der Waals surface area contributed by atoms with Crippen molar-refractivity contribution >= 4 is 0 Å². The zero-order valence-corrected chi connectivity index (χ0v) is 8.86. The van der Waals surface area contributed by atoms with Gasteiger partial charge in [0.1, 0.15) is 0 Å². The van der Waals surface area contributed by atoms with Gasteiger partial charge >= 0.3 is 0 Å². The zero-order valence-electron chi connectivity index (χ0n) is 8.86. The van der Waals surface area contributed by atoms with E-state index in [0.29, 0.717) is 6.61 Å². The van der Waals surface area contributed by atoms with Gasteiger partial charge in [-0.25, -0.2) is 0 Å². The predicted molar refractivity (Wildman–Crippen MR) is 57.2 cm³/mol. The van der Waals surface area contributed by atoms with E-state index in [1.54, 1.807) is 0 Å². The maximum Gasteiger partial charge on any atom is 0.0720 e. The van der Waals surface area contributed by atoms with Crippen LogP contribution in [0.5, 0.6) is 0 Å². The summed E-state index contributed by atoms with van der Waals surface area (Å²) in [4.78, 5) is 0. The minimum Gasteiger partial charge on any atom is -0.396 e. The minimum absolute atomic E-state index is 0.210. The standard InChI is InChI=1S/C12H18O2/c1-10(2)14-9-12-5-3-11(4-6-12)7-8-13/h3-6,10,13H,7-9H2,1-2H3. The second-order valence-corrected chi connectivity index (χ2v) is 3.65. The molecular formula is C12H18O2. The molecule has 0 aliphatic heterocycles.